The Hall–Kier alpha value is -0.350. The van der Waals surface area contributed by atoms with Crippen molar-refractivity contribution in [3.05, 3.63) is 69.5 Å². The molecule has 0 saturated carbocycles. The minimum atomic E-state index is -4.35. The van der Waals surface area contributed by atoms with Gasteiger partial charge in [0.15, 0.2) is 0 Å². The molecule has 3 rings (SSSR count). The molecule has 2 aromatic rings. The molecule has 29 heavy (non-hydrogen) atoms. The van der Waals surface area contributed by atoms with Gasteiger partial charge in [0.1, 0.15) is 12.4 Å². The molecule has 12 heteroatoms. The molecule has 0 aliphatic carbocycles. The van der Waals surface area contributed by atoms with Crippen LogP contribution in [0.2, 0.25) is 10.0 Å². The van der Waals surface area contributed by atoms with Gasteiger partial charge in [-0.15, -0.1) is 4.83 Å². The topological polar surface area (TPSA) is 58.4 Å². The fraction of sp³-hybridized carbons (Fsp3) is 0.294. The maximum absolute atomic E-state index is 14.7. The molecule has 1 fully saturated rings. The van der Waals surface area contributed by atoms with E-state index in [1.165, 1.54) is 17.1 Å². The summed E-state index contributed by atoms with van der Waals surface area (Å²) in [5.41, 5.74) is -0.125. The van der Waals surface area contributed by atoms with Gasteiger partial charge in [0.05, 0.1) is 11.6 Å². The van der Waals surface area contributed by atoms with Gasteiger partial charge in [-0.1, -0.05) is 76.2 Å². The van der Waals surface area contributed by atoms with Gasteiger partial charge in [-0.2, -0.15) is 8.42 Å². The minimum absolute atomic E-state index is 0.219. The van der Waals surface area contributed by atoms with E-state index < -0.39 is 38.1 Å². The van der Waals surface area contributed by atoms with E-state index in [1.54, 1.807) is 31.2 Å². The van der Waals surface area contributed by atoms with Crippen molar-refractivity contribution in [2.45, 2.75) is 22.3 Å². The first-order valence-electron chi connectivity index (χ1n) is 8.07. The fourth-order valence-corrected chi connectivity index (χ4v) is 4.69. The third-order valence-corrected chi connectivity index (χ3v) is 6.14. The number of alkyl halides is 3. The Morgan fingerprint density at radius 2 is 1.72 bits per heavy atom. The van der Waals surface area contributed by atoms with Gasteiger partial charge in [-0.3, -0.25) is 4.18 Å². The van der Waals surface area contributed by atoms with E-state index >= 15 is 0 Å². The van der Waals surface area contributed by atoms with Crippen molar-refractivity contribution >= 4 is 68.3 Å². The molecule has 5 nitrogen and oxygen atoms in total. The Kier molecular flexibility index (Phi) is 6.67. The van der Waals surface area contributed by atoms with Crippen LogP contribution in [0.25, 0.3) is 0 Å². The molecule has 1 aliphatic heterocycles. The highest BCUT2D eigenvalue weighted by atomic mass is 35.6. The summed E-state index contributed by atoms with van der Waals surface area (Å²) in [5, 5.41) is 2.06. The van der Waals surface area contributed by atoms with Gasteiger partial charge in [0, 0.05) is 15.6 Å². The number of nitrogens with one attached hydrogen (secondary N) is 1. The first-order valence-corrected chi connectivity index (χ1v) is 11.4. The van der Waals surface area contributed by atoms with Crippen LogP contribution in [0, 0.1) is 5.82 Å². The van der Waals surface area contributed by atoms with Crippen LogP contribution in [0.4, 0.5) is 4.39 Å². The van der Waals surface area contributed by atoms with Crippen LogP contribution in [-0.4, -0.2) is 23.8 Å². The van der Waals surface area contributed by atoms with Crippen LogP contribution < -0.4 is 4.83 Å². The molecule has 3 atom stereocenters. The van der Waals surface area contributed by atoms with E-state index in [0.717, 1.165) is 6.07 Å². The Balaban J connectivity index is 1.95. The molecule has 1 unspecified atom stereocenters. The van der Waals surface area contributed by atoms with Crippen LogP contribution in [0.5, 0.6) is 0 Å². The number of hydrogen-bond donors (Lipinski definition) is 1. The summed E-state index contributed by atoms with van der Waals surface area (Å²) in [6.07, 6.45) is 0. The molecule has 158 valence electrons. The summed E-state index contributed by atoms with van der Waals surface area (Å²) < 4.78 is 42.1. The molecular weight excluding hydrogens is 509 g/mol. The maximum atomic E-state index is 14.7. The molecule has 1 aliphatic rings. The lowest BCUT2D eigenvalue weighted by molar-refractivity contribution is 0.284. The number of hydrogen-bond acceptors (Lipinski definition) is 4. The van der Waals surface area contributed by atoms with Crippen LogP contribution in [0.1, 0.15) is 24.1 Å². The lowest BCUT2D eigenvalue weighted by atomic mass is 9.93. The number of rotatable bonds is 6. The highest BCUT2D eigenvalue weighted by Crippen LogP contribution is 2.59. The van der Waals surface area contributed by atoms with Crippen LogP contribution in [0.3, 0.4) is 0 Å². The van der Waals surface area contributed by atoms with Crippen molar-refractivity contribution < 1.29 is 17.0 Å². The first-order chi connectivity index (χ1) is 13.3. The summed E-state index contributed by atoms with van der Waals surface area (Å²) in [6, 6.07) is 10.4. The molecule has 1 heterocycles. The van der Waals surface area contributed by atoms with E-state index in [2.05, 4.69) is 4.83 Å². The second-order valence-electron chi connectivity index (χ2n) is 6.52. The third kappa shape index (κ3) is 5.29. The summed E-state index contributed by atoms with van der Waals surface area (Å²) in [6.45, 7) is 0.981. The van der Waals surface area contributed by atoms with Crippen molar-refractivity contribution in [2.24, 2.45) is 0 Å². The molecule has 2 aromatic carbocycles. The minimum Gasteiger partial charge on any atom is -0.253 e. The molecule has 0 spiro atoms. The van der Waals surface area contributed by atoms with E-state index in [4.69, 9.17) is 62.2 Å². The third-order valence-electron chi connectivity index (χ3n) is 4.47. The average molecular weight is 523 g/mol. The number of nitrogens with zero attached hydrogens (tertiary/aromatic N) is 1. The van der Waals surface area contributed by atoms with Crippen LogP contribution in [-0.2, 0) is 20.0 Å². The smallest absolute Gasteiger partial charge is 0.253 e. The van der Waals surface area contributed by atoms with E-state index in [0.29, 0.717) is 10.6 Å². The SMILES string of the molecule is C[C@@]1(c2ccc(Cl)cc2F)[C@@H](c2ccc(Cl)cc2)N1NS(=O)(=O)OCC(Cl)(Cl)Cl. The second kappa shape index (κ2) is 8.30. The van der Waals surface area contributed by atoms with Crippen molar-refractivity contribution in [1.29, 1.82) is 0 Å². The quantitative estimate of drug-likeness (QED) is 0.400. The molecule has 0 amide bonds. The summed E-state index contributed by atoms with van der Waals surface area (Å²) in [5.74, 6) is -0.581. The Labute approximate surface area is 192 Å². The normalized spacial score (nSPS) is 24.5. The van der Waals surface area contributed by atoms with E-state index in [9.17, 15) is 12.8 Å². The van der Waals surface area contributed by atoms with Crippen molar-refractivity contribution in [3.8, 4) is 0 Å². The van der Waals surface area contributed by atoms with E-state index in [-0.39, 0.29) is 10.6 Å². The molecule has 0 radical (unpaired) electrons. The van der Waals surface area contributed by atoms with Crippen molar-refractivity contribution in [2.75, 3.05) is 6.61 Å². The van der Waals surface area contributed by atoms with Gasteiger partial charge in [-0.25, -0.2) is 9.40 Å². The van der Waals surface area contributed by atoms with E-state index in [1.807, 2.05) is 0 Å². The van der Waals surface area contributed by atoms with Gasteiger partial charge >= 0.3 is 10.3 Å². The molecule has 1 saturated heterocycles. The first kappa shape index (κ1) is 23.3. The van der Waals surface area contributed by atoms with Crippen molar-refractivity contribution in [3.63, 3.8) is 0 Å². The maximum Gasteiger partial charge on any atom is 0.349 e. The second-order valence-corrected chi connectivity index (χ2v) is 11.2. The van der Waals surface area contributed by atoms with Gasteiger partial charge in [0.25, 0.3) is 0 Å². The molecule has 0 aromatic heterocycles. The van der Waals surface area contributed by atoms with Crippen LogP contribution >= 0.6 is 58.0 Å². The molecular formula is C17H14Cl5FN2O3S. The standard InChI is InChI=1S/C17H14Cl5FN2O3S/c1-16(13-7-6-12(19)8-14(13)23)15(10-2-4-11(18)5-3-10)25(16)24-29(26,27)28-9-17(20,21)22/h2-8,15,24H,9H2,1H3/t15-,16-,25?/m1/s1. The zero-order valence-electron chi connectivity index (χ0n) is 14.7. The predicted octanol–water partition coefficient (Wildman–Crippen LogP) is 5.54. The Morgan fingerprint density at radius 1 is 1.14 bits per heavy atom. The molecule has 0 bridgehead atoms. The van der Waals surface area contributed by atoms with Gasteiger partial charge in [-0.05, 0) is 36.8 Å². The largest absolute Gasteiger partial charge is 0.349 e. The number of halogens is 6. The van der Waals surface area contributed by atoms with Gasteiger partial charge in [0.2, 0.25) is 3.79 Å². The zero-order chi connectivity index (χ0) is 21.6. The monoisotopic (exact) mass is 520 g/mol. The summed E-state index contributed by atoms with van der Waals surface area (Å²) in [4.78, 5) is 2.27. The lowest BCUT2D eigenvalue weighted by Gasteiger charge is -2.16. The number of hydrazine groups is 1. The predicted molar refractivity (Wildman–Crippen MR) is 113 cm³/mol. The number of benzene rings is 2. The zero-order valence-corrected chi connectivity index (χ0v) is 19.3. The average Bonchev–Trinajstić information content (AvgIpc) is 3.17. The highest BCUT2D eigenvalue weighted by Gasteiger charge is 2.63. The van der Waals surface area contributed by atoms with Crippen LogP contribution in [0.15, 0.2) is 42.5 Å². The Bertz CT molecular complexity index is 1020. The molecule has 1 N–H and O–H groups in total. The van der Waals surface area contributed by atoms with Crippen molar-refractivity contribution in [1.82, 2.24) is 9.84 Å². The fourth-order valence-electron chi connectivity index (χ4n) is 3.12. The van der Waals surface area contributed by atoms with Gasteiger partial charge < -0.3 is 0 Å². The summed E-state index contributed by atoms with van der Waals surface area (Å²) in [7, 11) is -4.35. The Morgan fingerprint density at radius 3 is 2.28 bits per heavy atom. The lowest BCUT2D eigenvalue weighted by Crippen LogP contribution is -2.36. The highest BCUT2D eigenvalue weighted by molar-refractivity contribution is 7.84. The summed E-state index contributed by atoms with van der Waals surface area (Å²) >= 11 is 28.4.